The normalized spacial score (nSPS) is 19.9. The molecule has 1 saturated heterocycles. The lowest BCUT2D eigenvalue weighted by Crippen LogP contribution is -2.55. The Morgan fingerprint density at radius 2 is 1.95 bits per heavy atom. The van der Waals surface area contributed by atoms with Gasteiger partial charge in [0.05, 0.1) is 11.8 Å². The van der Waals surface area contributed by atoms with E-state index in [0.717, 1.165) is 6.42 Å². The number of methoxy groups -OCH3 is 1. The largest absolute Gasteiger partial charge is 0.386 e. The summed E-state index contributed by atoms with van der Waals surface area (Å²) < 4.78 is 30.7. The van der Waals surface area contributed by atoms with E-state index in [1.165, 1.54) is 4.31 Å². The highest BCUT2D eigenvalue weighted by molar-refractivity contribution is 7.89. The summed E-state index contributed by atoms with van der Waals surface area (Å²) in [4.78, 5) is 2.09. The zero-order valence-corrected chi connectivity index (χ0v) is 13.2. The smallest absolute Gasteiger partial charge is 0.214 e. The summed E-state index contributed by atoms with van der Waals surface area (Å²) in [5.74, 6) is 0.286. The first kappa shape index (κ1) is 17.4. The Kier molecular flexibility index (Phi) is 6.87. The molecule has 3 N–H and O–H groups in total. The van der Waals surface area contributed by atoms with Crippen LogP contribution in [0.4, 0.5) is 0 Å². The van der Waals surface area contributed by atoms with E-state index < -0.39 is 10.0 Å². The second-order valence-electron chi connectivity index (χ2n) is 4.98. The molecule has 0 aliphatic carbocycles. The summed E-state index contributed by atoms with van der Waals surface area (Å²) in [6, 6.07) is -0.0756. The molecule has 118 valence electrons. The van der Waals surface area contributed by atoms with Crippen LogP contribution in [0.1, 0.15) is 19.8 Å². The Morgan fingerprint density at radius 3 is 2.40 bits per heavy atom. The fourth-order valence-corrected chi connectivity index (χ4v) is 3.94. The number of nitrogens with zero attached hydrogens (tertiary/aromatic N) is 2. The molecule has 1 aliphatic rings. The van der Waals surface area contributed by atoms with E-state index in [1.807, 2.05) is 6.92 Å². The Hall–Kier alpha value is -0.700. The predicted octanol–water partition coefficient (Wildman–Crippen LogP) is -0.315. The first-order valence-electron chi connectivity index (χ1n) is 6.97. The highest BCUT2D eigenvalue weighted by atomic mass is 32.2. The summed E-state index contributed by atoms with van der Waals surface area (Å²) in [5.41, 5.74) is 5.58. The van der Waals surface area contributed by atoms with E-state index in [4.69, 9.17) is 15.9 Å². The molecule has 0 amide bonds. The number of nitrogens with two attached hydrogens (primary N) is 1. The number of sulfonamides is 1. The summed E-state index contributed by atoms with van der Waals surface area (Å²) in [5, 5.41) is 7.56. The SMILES string of the molecule is CCC(C(=N)N)N1CCN(S(=O)(=O)CCCOC)CC1. The van der Waals surface area contributed by atoms with Crippen LogP contribution in [0.25, 0.3) is 0 Å². The van der Waals surface area contributed by atoms with E-state index in [2.05, 4.69) is 4.90 Å². The van der Waals surface area contributed by atoms with Gasteiger partial charge in [-0.3, -0.25) is 10.3 Å². The van der Waals surface area contributed by atoms with Gasteiger partial charge in [-0.25, -0.2) is 8.42 Å². The number of hydrogen-bond acceptors (Lipinski definition) is 5. The summed E-state index contributed by atoms with van der Waals surface area (Å²) in [6.07, 6.45) is 1.29. The molecule has 0 saturated carbocycles. The molecule has 1 atom stereocenters. The molecule has 1 rings (SSSR count). The highest BCUT2D eigenvalue weighted by Crippen LogP contribution is 2.13. The van der Waals surface area contributed by atoms with Crippen LogP contribution in [0, 0.1) is 5.41 Å². The number of ether oxygens (including phenoxy) is 1. The third-order valence-corrected chi connectivity index (χ3v) is 5.56. The van der Waals surface area contributed by atoms with Crippen molar-refractivity contribution in [2.75, 3.05) is 45.6 Å². The maximum atomic E-state index is 12.1. The summed E-state index contributed by atoms with van der Waals surface area (Å²) in [7, 11) is -1.62. The van der Waals surface area contributed by atoms with Crippen LogP contribution in [0.15, 0.2) is 0 Å². The molecule has 0 radical (unpaired) electrons. The van der Waals surface area contributed by atoms with E-state index in [0.29, 0.717) is 39.2 Å². The van der Waals surface area contributed by atoms with Crippen molar-refractivity contribution in [1.29, 1.82) is 5.41 Å². The molecular formula is C12H26N4O3S. The lowest BCUT2D eigenvalue weighted by atomic mass is 10.1. The number of amidine groups is 1. The molecule has 20 heavy (non-hydrogen) atoms. The quantitative estimate of drug-likeness (QED) is 0.364. The first-order valence-corrected chi connectivity index (χ1v) is 8.58. The maximum Gasteiger partial charge on any atom is 0.214 e. The van der Waals surface area contributed by atoms with Crippen LogP contribution >= 0.6 is 0 Å². The van der Waals surface area contributed by atoms with Crippen LogP contribution in [-0.2, 0) is 14.8 Å². The minimum Gasteiger partial charge on any atom is -0.386 e. The lowest BCUT2D eigenvalue weighted by Gasteiger charge is -2.37. The van der Waals surface area contributed by atoms with Crippen LogP contribution in [-0.4, -0.2) is 75.1 Å². The second kappa shape index (κ2) is 7.92. The van der Waals surface area contributed by atoms with Gasteiger partial charge in [-0.15, -0.1) is 0 Å². The van der Waals surface area contributed by atoms with Gasteiger partial charge < -0.3 is 10.5 Å². The second-order valence-corrected chi connectivity index (χ2v) is 7.07. The fraction of sp³-hybridized carbons (Fsp3) is 0.917. The van der Waals surface area contributed by atoms with E-state index in [-0.39, 0.29) is 17.6 Å². The molecule has 1 fully saturated rings. The van der Waals surface area contributed by atoms with Gasteiger partial charge >= 0.3 is 0 Å². The van der Waals surface area contributed by atoms with Gasteiger partial charge in [-0.2, -0.15) is 4.31 Å². The van der Waals surface area contributed by atoms with Crippen molar-refractivity contribution in [3.8, 4) is 0 Å². The average molecular weight is 306 g/mol. The minimum absolute atomic E-state index is 0.0756. The standard InChI is InChI=1S/C12H26N4O3S/c1-3-11(12(13)14)15-5-7-16(8-6-15)20(17,18)10-4-9-19-2/h11H,3-10H2,1-2H3,(H3,13,14). The highest BCUT2D eigenvalue weighted by Gasteiger charge is 2.29. The Bertz CT molecular complexity index is 405. The lowest BCUT2D eigenvalue weighted by molar-refractivity contribution is 0.163. The monoisotopic (exact) mass is 306 g/mol. The molecule has 0 aromatic rings. The van der Waals surface area contributed by atoms with Crippen molar-refractivity contribution in [2.45, 2.75) is 25.8 Å². The molecule has 7 nitrogen and oxygen atoms in total. The van der Waals surface area contributed by atoms with Crippen LogP contribution in [0.2, 0.25) is 0 Å². The fourth-order valence-electron chi connectivity index (χ4n) is 2.48. The van der Waals surface area contributed by atoms with Gasteiger partial charge in [0.25, 0.3) is 0 Å². The molecule has 0 bridgehead atoms. The van der Waals surface area contributed by atoms with Crippen molar-refractivity contribution in [2.24, 2.45) is 5.73 Å². The van der Waals surface area contributed by atoms with Crippen molar-refractivity contribution in [3.05, 3.63) is 0 Å². The van der Waals surface area contributed by atoms with Crippen molar-refractivity contribution < 1.29 is 13.2 Å². The van der Waals surface area contributed by atoms with Crippen molar-refractivity contribution in [3.63, 3.8) is 0 Å². The van der Waals surface area contributed by atoms with Crippen molar-refractivity contribution in [1.82, 2.24) is 9.21 Å². The van der Waals surface area contributed by atoms with E-state index in [9.17, 15) is 8.42 Å². The maximum absolute atomic E-state index is 12.1. The minimum atomic E-state index is -3.19. The predicted molar refractivity (Wildman–Crippen MR) is 79.4 cm³/mol. The number of hydrogen-bond donors (Lipinski definition) is 2. The van der Waals surface area contributed by atoms with Gasteiger partial charge in [0.2, 0.25) is 10.0 Å². The van der Waals surface area contributed by atoms with Crippen molar-refractivity contribution >= 4 is 15.9 Å². The molecule has 1 unspecified atom stereocenters. The molecule has 0 aromatic heterocycles. The average Bonchev–Trinajstić information content (AvgIpc) is 2.40. The molecule has 1 aliphatic heterocycles. The third kappa shape index (κ3) is 4.69. The molecule has 0 spiro atoms. The Balaban J connectivity index is 2.51. The zero-order chi connectivity index (χ0) is 15.2. The number of piperazine rings is 1. The van der Waals surface area contributed by atoms with Gasteiger partial charge in [0.15, 0.2) is 0 Å². The van der Waals surface area contributed by atoms with Gasteiger partial charge in [-0.05, 0) is 12.8 Å². The first-order chi connectivity index (χ1) is 9.42. The molecule has 0 aromatic carbocycles. The zero-order valence-electron chi connectivity index (χ0n) is 12.3. The Morgan fingerprint density at radius 1 is 1.35 bits per heavy atom. The summed E-state index contributed by atoms with van der Waals surface area (Å²) in [6.45, 7) is 4.64. The number of rotatable bonds is 8. The summed E-state index contributed by atoms with van der Waals surface area (Å²) >= 11 is 0. The van der Waals surface area contributed by atoms with Gasteiger partial charge in [0, 0.05) is 39.9 Å². The van der Waals surface area contributed by atoms with Gasteiger partial charge in [0.1, 0.15) is 5.84 Å². The topological polar surface area (TPSA) is 99.7 Å². The molecular weight excluding hydrogens is 280 g/mol. The van der Waals surface area contributed by atoms with E-state index in [1.54, 1.807) is 7.11 Å². The third-order valence-electron chi connectivity index (χ3n) is 3.60. The van der Waals surface area contributed by atoms with Crippen LogP contribution in [0.5, 0.6) is 0 Å². The Labute approximate surface area is 121 Å². The number of nitrogens with one attached hydrogen (secondary N) is 1. The molecule has 8 heteroatoms. The van der Waals surface area contributed by atoms with Crippen LogP contribution < -0.4 is 5.73 Å². The van der Waals surface area contributed by atoms with E-state index >= 15 is 0 Å². The van der Waals surface area contributed by atoms with Crippen LogP contribution in [0.3, 0.4) is 0 Å². The van der Waals surface area contributed by atoms with Gasteiger partial charge in [-0.1, -0.05) is 6.92 Å². The molecule has 1 heterocycles.